The molecule has 7 nitrogen and oxygen atoms in total. The van der Waals surface area contributed by atoms with Gasteiger partial charge in [0.05, 0.1) is 25.4 Å². The van der Waals surface area contributed by atoms with Crippen molar-refractivity contribution >= 4 is 20.1 Å². The maximum Gasteiger partial charge on any atom is 0.316 e. The van der Waals surface area contributed by atoms with E-state index in [2.05, 4.69) is 31.5 Å². The number of Topliss-reactive ketones (excluding diaryl/α,β-unsaturated/α-hetero) is 1. The van der Waals surface area contributed by atoms with Crippen LogP contribution >= 0.6 is 0 Å². The number of fused-ring (bicyclic) bond motifs is 1. The Morgan fingerprint density at radius 2 is 1.82 bits per heavy atom. The van der Waals surface area contributed by atoms with Gasteiger partial charge in [0.15, 0.2) is 14.1 Å². The van der Waals surface area contributed by atoms with Gasteiger partial charge in [-0.15, -0.1) is 0 Å². The van der Waals surface area contributed by atoms with Gasteiger partial charge in [-0.25, -0.2) is 0 Å². The van der Waals surface area contributed by atoms with Gasteiger partial charge in [0, 0.05) is 43.7 Å². The van der Waals surface area contributed by atoms with Crippen LogP contribution in [0.3, 0.4) is 0 Å². The second-order valence-corrected chi connectivity index (χ2v) is 16.8. The summed E-state index contributed by atoms with van der Waals surface area (Å²) >= 11 is 0. The molecule has 0 aromatic rings. The number of piperidine rings is 1. The lowest BCUT2D eigenvalue weighted by Crippen LogP contribution is -2.78. The number of rotatable bonds is 5. The van der Waals surface area contributed by atoms with Gasteiger partial charge in [0.2, 0.25) is 0 Å². The van der Waals surface area contributed by atoms with E-state index in [4.69, 9.17) is 18.6 Å². The average molecular weight is 494 g/mol. The van der Waals surface area contributed by atoms with Crippen LogP contribution in [0.25, 0.3) is 0 Å². The van der Waals surface area contributed by atoms with Gasteiger partial charge in [-0.1, -0.05) is 13.3 Å². The summed E-state index contributed by atoms with van der Waals surface area (Å²) in [6.07, 6.45) is 5.12. The van der Waals surface area contributed by atoms with Crippen LogP contribution in [0.15, 0.2) is 0 Å². The van der Waals surface area contributed by atoms with Crippen molar-refractivity contribution in [2.45, 2.75) is 89.8 Å². The van der Waals surface area contributed by atoms with E-state index in [1.807, 2.05) is 6.92 Å². The Morgan fingerprint density at radius 1 is 1.09 bits per heavy atom. The molecule has 5 unspecified atom stereocenters. The minimum atomic E-state index is -2.11. The van der Waals surface area contributed by atoms with E-state index >= 15 is 0 Å². The summed E-state index contributed by atoms with van der Waals surface area (Å²) in [5.74, 6) is -0.487. The molecule has 0 amide bonds. The maximum atomic E-state index is 14.0. The molecule has 5 fully saturated rings. The molecule has 0 aromatic heterocycles. The molecule has 2 bridgehead atoms. The number of nitrogens with zero attached hydrogens (tertiary/aromatic N) is 1. The number of hydrogen-bond donors (Lipinski definition) is 0. The van der Waals surface area contributed by atoms with Crippen LogP contribution in [0, 0.1) is 22.7 Å². The number of likely N-dealkylation sites (tertiary alicyclic amines) is 1. The second kappa shape index (κ2) is 8.37. The first-order valence-corrected chi connectivity index (χ1v) is 16.9. The lowest BCUT2D eigenvalue weighted by Gasteiger charge is -2.69. The second-order valence-electron chi connectivity index (χ2n) is 12.4. The summed E-state index contributed by atoms with van der Waals surface area (Å²) in [5.41, 5.74) is -1.75. The third kappa shape index (κ3) is 3.42. The molecule has 5 atom stereocenters. The van der Waals surface area contributed by atoms with Crippen molar-refractivity contribution in [3.05, 3.63) is 0 Å². The summed E-state index contributed by atoms with van der Waals surface area (Å²) in [6.45, 7) is 14.6. The summed E-state index contributed by atoms with van der Waals surface area (Å²) in [7, 11) is -2.11. The standard InChI is InChI=1S/C26H43NO6Si/c1-6-27-17-23-10-8-11-24(18-27,22(29)30-7-2)26(23,33-34(3,4)5)12-9-21(28)19-15-25(16-20(19)23)31-13-14-32-25/h19-20H,6-18H2,1-5H3. The van der Waals surface area contributed by atoms with Crippen molar-refractivity contribution in [3.63, 3.8) is 0 Å². The quantitative estimate of drug-likeness (QED) is 0.426. The molecule has 0 radical (unpaired) electrons. The van der Waals surface area contributed by atoms with Crippen LogP contribution in [0.4, 0.5) is 0 Å². The molecule has 2 saturated heterocycles. The topological polar surface area (TPSA) is 74.3 Å². The van der Waals surface area contributed by atoms with Crippen LogP contribution in [0.1, 0.15) is 58.8 Å². The zero-order chi connectivity index (χ0) is 24.4. The van der Waals surface area contributed by atoms with Crippen LogP contribution < -0.4 is 0 Å². The van der Waals surface area contributed by atoms with Gasteiger partial charge >= 0.3 is 5.97 Å². The summed E-state index contributed by atoms with van der Waals surface area (Å²) in [5, 5.41) is 0. The Balaban J connectivity index is 1.73. The molecular weight excluding hydrogens is 450 g/mol. The molecule has 0 aromatic carbocycles. The highest BCUT2D eigenvalue weighted by atomic mass is 28.4. The molecule has 3 saturated carbocycles. The first-order chi connectivity index (χ1) is 16.1. The van der Waals surface area contributed by atoms with Gasteiger partial charge in [0.25, 0.3) is 0 Å². The van der Waals surface area contributed by atoms with E-state index in [1.165, 1.54) is 0 Å². The van der Waals surface area contributed by atoms with Crippen LogP contribution in [0.2, 0.25) is 19.6 Å². The molecule has 0 N–H and O–H groups in total. The van der Waals surface area contributed by atoms with E-state index in [0.717, 1.165) is 38.8 Å². The Kier molecular flexibility index (Phi) is 6.12. The summed E-state index contributed by atoms with van der Waals surface area (Å²) in [6, 6.07) is 0. The Hall–Kier alpha value is -0.803. The molecular formula is C26H43NO6Si. The van der Waals surface area contributed by atoms with E-state index in [0.29, 0.717) is 51.4 Å². The van der Waals surface area contributed by atoms with Crippen LogP contribution in [0.5, 0.6) is 0 Å². The van der Waals surface area contributed by atoms with Gasteiger partial charge in [-0.2, -0.15) is 0 Å². The van der Waals surface area contributed by atoms with Crippen molar-refractivity contribution in [2.75, 3.05) is 39.5 Å². The molecule has 5 aliphatic rings. The average Bonchev–Trinajstić information content (AvgIpc) is 3.36. The molecule has 5 rings (SSSR count). The number of carbonyl (C=O) groups excluding carboxylic acids is 2. The van der Waals surface area contributed by atoms with Gasteiger partial charge in [0.1, 0.15) is 11.2 Å². The van der Waals surface area contributed by atoms with Crippen molar-refractivity contribution in [1.82, 2.24) is 4.90 Å². The van der Waals surface area contributed by atoms with Crippen molar-refractivity contribution in [1.29, 1.82) is 0 Å². The van der Waals surface area contributed by atoms with E-state index in [9.17, 15) is 9.59 Å². The Bertz CT molecular complexity index is 838. The molecule has 2 aliphatic heterocycles. The minimum Gasteiger partial charge on any atom is -0.465 e. The fraction of sp³-hybridized carbons (Fsp3) is 0.923. The number of ether oxygens (including phenoxy) is 3. The molecule has 192 valence electrons. The third-order valence-electron chi connectivity index (χ3n) is 9.60. The van der Waals surface area contributed by atoms with E-state index < -0.39 is 25.1 Å². The summed E-state index contributed by atoms with van der Waals surface area (Å²) in [4.78, 5) is 30.2. The highest BCUT2D eigenvalue weighted by Gasteiger charge is 2.77. The number of ketones is 1. The molecule has 8 heteroatoms. The van der Waals surface area contributed by atoms with E-state index in [-0.39, 0.29) is 23.2 Å². The van der Waals surface area contributed by atoms with Gasteiger partial charge in [-0.05, 0) is 58.3 Å². The zero-order valence-electron chi connectivity index (χ0n) is 21.7. The molecule has 2 heterocycles. The number of hydrogen-bond acceptors (Lipinski definition) is 7. The van der Waals surface area contributed by atoms with Crippen LogP contribution in [-0.2, 0) is 28.2 Å². The normalized spacial score (nSPS) is 41.7. The molecule has 34 heavy (non-hydrogen) atoms. The largest absolute Gasteiger partial charge is 0.465 e. The fourth-order valence-corrected chi connectivity index (χ4v) is 10.2. The lowest BCUT2D eigenvalue weighted by atomic mass is 9.44. The SMILES string of the molecule is CCOC(=O)C12CCCC3(CN(CC)C1)C1CC4(CC1C(=O)CCC23O[Si](C)(C)C)OCCO4. The fourth-order valence-electron chi connectivity index (χ4n) is 8.70. The van der Waals surface area contributed by atoms with Crippen molar-refractivity contribution in [2.24, 2.45) is 22.7 Å². The third-order valence-corrected chi connectivity index (χ3v) is 10.6. The predicted molar refractivity (Wildman–Crippen MR) is 130 cm³/mol. The minimum absolute atomic E-state index is 0.0837. The van der Waals surface area contributed by atoms with Gasteiger partial charge in [-0.3, -0.25) is 9.59 Å². The first-order valence-electron chi connectivity index (χ1n) is 13.5. The Morgan fingerprint density at radius 3 is 2.47 bits per heavy atom. The molecule has 3 aliphatic carbocycles. The lowest BCUT2D eigenvalue weighted by molar-refractivity contribution is -0.261. The summed E-state index contributed by atoms with van der Waals surface area (Å²) < 4.78 is 25.6. The van der Waals surface area contributed by atoms with E-state index in [1.54, 1.807) is 0 Å². The highest BCUT2D eigenvalue weighted by molar-refractivity contribution is 6.69. The zero-order valence-corrected chi connectivity index (χ0v) is 22.7. The number of esters is 1. The first kappa shape index (κ1) is 24.9. The molecule has 1 spiro atoms. The maximum absolute atomic E-state index is 14.0. The van der Waals surface area contributed by atoms with Crippen molar-refractivity contribution in [3.8, 4) is 0 Å². The van der Waals surface area contributed by atoms with Crippen molar-refractivity contribution < 1.29 is 28.2 Å². The Labute approximate surface area is 205 Å². The van der Waals surface area contributed by atoms with Gasteiger partial charge < -0.3 is 23.5 Å². The highest BCUT2D eigenvalue weighted by Crippen LogP contribution is 2.70. The van der Waals surface area contributed by atoms with Crippen LogP contribution in [-0.4, -0.2) is 75.8 Å². The number of carbonyl (C=O) groups is 2. The monoisotopic (exact) mass is 493 g/mol. The smallest absolute Gasteiger partial charge is 0.316 e. The predicted octanol–water partition coefficient (Wildman–Crippen LogP) is 3.76.